The summed E-state index contributed by atoms with van der Waals surface area (Å²) in [7, 11) is 0. The molecule has 0 saturated carbocycles. The third-order valence-electron chi connectivity index (χ3n) is 3.01. The van der Waals surface area contributed by atoms with Crippen LogP contribution in [0.15, 0.2) is 0 Å². The second-order valence-electron chi connectivity index (χ2n) is 5.72. The van der Waals surface area contributed by atoms with Crippen LogP contribution in [0.4, 0.5) is 4.79 Å². The number of hydrogen-bond acceptors (Lipinski definition) is 4. The van der Waals surface area contributed by atoms with Crippen molar-refractivity contribution in [1.82, 2.24) is 10.6 Å². The standard InChI is InChI=1S/C12H24N2O3/c1-9(12(16)5-7-13-8-6-12)14-10(15)17-11(2,3)4/h9,13,16H,5-8H2,1-4H3,(H,14,15). The summed E-state index contributed by atoms with van der Waals surface area (Å²) in [6, 6.07) is -0.306. The molecule has 0 radical (unpaired) electrons. The number of hydrogen-bond donors (Lipinski definition) is 3. The normalized spacial score (nSPS) is 21.7. The molecule has 0 spiro atoms. The SMILES string of the molecule is CC(NC(=O)OC(C)(C)C)C1(O)CCNCC1. The lowest BCUT2D eigenvalue weighted by Crippen LogP contribution is -2.56. The minimum absolute atomic E-state index is 0.306. The molecule has 1 fully saturated rings. The largest absolute Gasteiger partial charge is 0.444 e. The molecule has 1 atom stereocenters. The fourth-order valence-corrected chi connectivity index (χ4v) is 1.91. The third kappa shape index (κ3) is 4.52. The number of piperidine rings is 1. The van der Waals surface area contributed by atoms with Gasteiger partial charge < -0.3 is 20.5 Å². The summed E-state index contributed by atoms with van der Waals surface area (Å²) in [5, 5.41) is 16.3. The van der Waals surface area contributed by atoms with E-state index >= 15 is 0 Å². The molecule has 17 heavy (non-hydrogen) atoms. The number of amides is 1. The van der Waals surface area contributed by atoms with Crippen molar-refractivity contribution < 1.29 is 14.6 Å². The third-order valence-corrected chi connectivity index (χ3v) is 3.01. The van der Waals surface area contributed by atoms with Crippen LogP contribution in [0.25, 0.3) is 0 Å². The van der Waals surface area contributed by atoms with E-state index in [4.69, 9.17) is 4.74 Å². The van der Waals surface area contributed by atoms with Gasteiger partial charge in [0.1, 0.15) is 5.60 Å². The molecule has 100 valence electrons. The molecule has 1 saturated heterocycles. The van der Waals surface area contributed by atoms with E-state index in [0.717, 1.165) is 13.1 Å². The Morgan fingerprint density at radius 3 is 2.41 bits per heavy atom. The van der Waals surface area contributed by atoms with E-state index in [-0.39, 0.29) is 6.04 Å². The Kier molecular flexibility index (Phi) is 4.38. The van der Waals surface area contributed by atoms with Gasteiger partial charge in [0.05, 0.1) is 11.6 Å². The van der Waals surface area contributed by atoms with Gasteiger partial charge in [0.15, 0.2) is 0 Å². The van der Waals surface area contributed by atoms with Gasteiger partial charge >= 0.3 is 6.09 Å². The van der Waals surface area contributed by atoms with Gasteiger partial charge in [0, 0.05) is 0 Å². The van der Waals surface area contributed by atoms with E-state index in [0.29, 0.717) is 12.8 Å². The van der Waals surface area contributed by atoms with Crippen molar-refractivity contribution >= 4 is 6.09 Å². The van der Waals surface area contributed by atoms with Gasteiger partial charge in [-0.1, -0.05) is 0 Å². The molecule has 5 heteroatoms. The molecular weight excluding hydrogens is 220 g/mol. The molecule has 1 unspecified atom stereocenters. The minimum atomic E-state index is -0.831. The summed E-state index contributed by atoms with van der Waals surface area (Å²) < 4.78 is 5.17. The van der Waals surface area contributed by atoms with Crippen molar-refractivity contribution in [3.63, 3.8) is 0 Å². The molecule has 1 aliphatic rings. The molecule has 1 heterocycles. The van der Waals surface area contributed by atoms with Gasteiger partial charge in [-0.25, -0.2) is 4.79 Å². The Bertz CT molecular complexity index is 267. The number of nitrogens with one attached hydrogen (secondary N) is 2. The van der Waals surface area contributed by atoms with Crippen molar-refractivity contribution in [2.75, 3.05) is 13.1 Å². The molecular formula is C12H24N2O3. The lowest BCUT2D eigenvalue weighted by atomic mass is 9.86. The molecule has 0 aromatic carbocycles. The second-order valence-corrected chi connectivity index (χ2v) is 5.72. The van der Waals surface area contributed by atoms with E-state index in [2.05, 4.69) is 10.6 Å². The second kappa shape index (κ2) is 5.23. The number of alkyl carbamates (subject to hydrolysis) is 1. The van der Waals surface area contributed by atoms with Gasteiger partial charge in [-0.15, -0.1) is 0 Å². The zero-order chi connectivity index (χ0) is 13.1. The Morgan fingerprint density at radius 2 is 1.94 bits per heavy atom. The number of ether oxygens (including phenoxy) is 1. The van der Waals surface area contributed by atoms with Crippen LogP contribution in [-0.4, -0.2) is 41.5 Å². The predicted octanol–water partition coefficient (Wildman–Crippen LogP) is 1.01. The zero-order valence-corrected chi connectivity index (χ0v) is 11.2. The van der Waals surface area contributed by atoms with Crippen LogP contribution in [0.2, 0.25) is 0 Å². The van der Waals surface area contributed by atoms with Gasteiger partial charge in [0.2, 0.25) is 0 Å². The van der Waals surface area contributed by atoms with Gasteiger partial charge in [-0.3, -0.25) is 0 Å². The van der Waals surface area contributed by atoms with Crippen LogP contribution in [-0.2, 0) is 4.74 Å². The summed E-state index contributed by atoms with van der Waals surface area (Å²) in [5.74, 6) is 0. The Morgan fingerprint density at radius 1 is 1.41 bits per heavy atom. The zero-order valence-electron chi connectivity index (χ0n) is 11.2. The van der Waals surface area contributed by atoms with E-state index in [1.165, 1.54) is 0 Å². The molecule has 0 aliphatic carbocycles. The smallest absolute Gasteiger partial charge is 0.407 e. The van der Waals surface area contributed by atoms with Crippen LogP contribution in [0, 0.1) is 0 Å². The number of carbonyl (C=O) groups is 1. The monoisotopic (exact) mass is 244 g/mol. The maximum Gasteiger partial charge on any atom is 0.407 e. The molecule has 1 rings (SSSR count). The van der Waals surface area contributed by atoms with Crippen molar-refractivity contribution in [2.45, 2.75) is 57.8 Å². The molecule has 1 amide bonds. The van der Waals surface area contributed by atoms with Crippen LogP contribution >= 0.6 is 0 Å². The number of rotatable bonds is 2. The Hall–Kier alpha value is -0.810. The average Bonchev–Trinajstić information content (AvgIpc) is 2.15. The summed E-state index contributed by atoms with van der Waals surface area (Å²) in [6.45, 7) is 8.81. The predicted molar refractivity (Wildman–Crippen MR) is 65.9 cm³/mol. The summed E-state index contributed by atoms with van der Waals surface area (Å²) in [4.78, 5) is 11.6. The fourth-order valence-electron chi connectivity index (χ4n) is 1.91. The maximum absolute atomic E-state index is 11.6. The Labute approximate surface area is 103 Å². The summed E-state index contributed by atoms with van der Waals surface area (Å²) in [6.07, 6.45) is 0.811. The van der Waals surface area contributed by atoms with Crippen LogP contribution in [0.5, 0.6) is 0 Å². The highest BCUT2D eigenvalue weighted by Crippen LogP contribution is 2.22. The van der Waals surface area contributed by atoms with E-state index in [1.54, 1.807) is 0 Å². The first-order valence-corrected chi connectivity index (χ1v) is 6.15. The topological polar surface area (TPSA) is 70.6 Å². The lowest BCUT2D eigenvalue weighted by Gasteiger charge is -2.38. The van der Waals surface area contributed by atoms with E-state index in [1.807, 2.05) is 27.7 Å². The lowest BCUT2D eigenvalue weighted by molar-refractivity contribution is -0.0241. The first-order valence-electron chi connectivity index (χ1n) is 6.15. The molecule has 1 aliphatic heterocycles. The quantitative estimate of drug-likeness (QED) is 0.678. The number of aliphatic hydroxyl groups is 1. The van der Waals surface area contributed by atoms with Crippen molar-refractivity contribution in [3.8, 4) is 0 Å². The van der Waals surface area contributed by atoms with Gasteiger partial charge in [0.25, 0.3) is 0 Å². The molecule has 5 nitrogen and oxygen atoms in total. The van der Waals surface area contributed by atoms with Crippen LogP contribution in [0.3, 0.4) is 0 Å². The Balaban J connectivity index is 2.47. The minimum Gasteiger partial charge on any atom is -0.444 e. The molecule has 0 aromatic heterocycles. The fraction of sp³-hybridized carbons (Fsp3) is 0.917. The average molecular weight is 244 g/mol. The van der Waals surface area contributed by atoms with Crippen molar-refractivity contribution in [2.24, 2.45) is 0 Å². The molecule has 0 aromatic rings. The van der Waals surface area contributed by atoms with Gasteiger partial charge in [-0.2, -0.15) is 0 Å². The molecule has 0 bridgehead atoms. The summed E-state index contributed by atoms with van der Waals surface area (Å²) >= 11 is 0. The van der Waals surface area contributed by atoms with E-state index < -0.39 is 17.3 Å². The highest BCUT2D eigenvalue weighted by Gasteiger charge is 2.36. The van der Waals surface area contributed by atoms with Crippen molar-refractivity contribution in [3.05, 3.63) is 0 Å². The molecule has 3 N–H and O–H groups in total. The first-order chi connectivity index (χ1) is 7.73. The maximum atomic E-state index is 11.6. The van der Waals surface area contributed by atoms with Crippen LogP contribution < -0.4 is 10.6 Å². The highest BCUT2D eigenvalue weighted by atomic mass is 16.6. The highest BCUT2D eigenvalue weighted by molar-refractivity contribution is 5.68. The van der Waals surface area contributed by atoms with Crippen LogP contribution in [0.1, 0.15) is 40.5 Å². The van der Waals surface area contributed by atoms with Gasteiger partial charge in [-0.05, 0) is 53.6 Å². The first kappa shape index (κ1) is 14.3. The van der Waals surface area contributed by atoms with Crippen molar-refractivity contribution in [1.29, 1.82) is 0 Å². The summed E-state index contributed by atoms with van der Waals surface area (Å²) in [5.41, 5.74) is -1.34. The number of carbonyl (C=O) groups excluding carboxylic acids is 1. The van der Waals surface area contributed by atoms with E-state index in [9.17, 15) is 9.90 Å².